The molecule has 2 saturated heterocycles. The summed E-state index contributed by atoms with van der Waals surface area (Å²) in [6, 6.07) is 0. The van der Waals surface area contributed by atoms with Gasteiger partial charge in [0.15, 0.2) is 0 Å². The van der Waals surface area contributed by atoms with Crippen LogP contribution in [-0.2, 0) is 9.53 Å². The van der Waals surface area contributed by atoms with Crippen molar-refractivity contribution in [2.75, 3.05) is 13.1 Å². The minimum absolute atomic E-state index is 0.0374. The van der Waals surface area contributed by atoms with Gasteiger partial charge in [-0.25, -0.2) is 4.79 Å². The number of carbonyl (C=O) groups is 2. The molecule has 0 aromatic rings. The Kier molecular flexibility index (Phi) is 2.36. The molecule has 0 aromatic carbocycles. The quantitative estimate of drug-likeness (QED) is 0.667. The van der Waals surface area contributed by atoms with Gasteiger partial charge in [-0.2, -0.15) is 0 Å². The molecule has 1 atom stereocenters. The van der Waals surface area contributed by atoms with E-state index in [9.17, 15) is 9.59 Å². The molecule has 2 aliphatic rings. The first-order chi connectivity index (χ1) is 7.35. The molecule has 2 rings (SSSR count). The minimum Gasteiger partial charge on any atom is -0.444 e. The third kappa shape index (κ3) is 1.64. The van der Waals surface area contributed by atoms with Gasteiger partial charge in [-0.3, -0.25) is 9.69 Å². The van der Waals surface area contributed by atoms with Gasteiger partial charge in [0, 0.05) is 13.1 Å². The zero-order valence-electron chi connectivity index (χ0n) is 10.0. The molecule has 1 N–H and O–H groups in total. The highest BCUT2D eigenvalue weighted by atomic mass is 16.6. The average Bonchev–Trinajstić information content (AvgIpc) is 2.43. The molecule has 1 spiro atoms. The molecule has 2 amide bonds. The number of nitrogens with zero attached hydrogens (tertiary/aromatic N) is 1. The van der Waals surface area contributed by atoms with Gasteiger partial charge in [0.05, 0.1) is 0 Å². The standard InChI is InChI=1S/C11H18N2O3/c1-10(2,3)16-9(15)13-7-5-11(13)4-6-12-8(11)14/h4-7H2,1-3H3,(H,12,14)/t11-/m1/s1. The summed E-state index contributed by atoms with van der Waals surface area (Å²) in [6.07, 6.45) is 1.07. The molecule has 0 bridgehead atoms. The van der Waals surface area contributed by atoms with Crippen molar-refractivity contribution in [3.63, 3.8) is 0 Å². The molecule has 0 aromatic heterocycles. The Labute approximate surface area is 95.1 Å². The summed E-state index contributed by atoms with van der Waals surface area (Å²) >= 11 is 0. The minimum atomic E-state index is -0.609. The van der Waals surface area contributed by atoms with Crippen LogP contribution in [0.2, 0.25) is 0 Å². The van der Waals surface area contributed by atoms with Crippen molar-refractivity contribution >= 4 is 12.0 Å². The molecule has 2 heterocycles. The van der Waals surface area contributed by atoms with E-state index >= 15 is 0 Å². The largest absolute Gasteiger partial charge is 0.444 e. The Bertz CT molecular complexity index is 335. The van der Waals surface area contributed by atoms with Crippen molar-refractivity contribution < 1.29 is 14.3 Å². The first kappa shape index (κ1) is 11.2. The maximum absolute atomic E-state index is 11.9. The second kappa shape index (κ2) is 3.37. The van der Waals surface area contributed by atoms with Crippen molar-refractivity contribution in [1.29, 1.82) is 0 Å². The fraction of sp³-hybridized carbons (Fsp3) is 0.818. The van der Waals surface area contributed by atoms with Crippen LogP contribution in [0.3, 0.4) is 0 Å². The molecule has 2 fully saturated rings. The Balaban J connectivity index is 2.06. The zero-order valence-corrected chi connectivity index (χ0v) is 10.0. The number of likely N-dealkylation sites (tertiary alicyclic amines) is 1. The number of hydrogen-bond acceptors (Lipinski definition) is 3. The van der Waals surface area contributed by atoms with Crippen LogP contribution in [0.4, 0.5) is 4.79 Å². The molecule has 0 unspecified atom stereocenters. The fourth-order valence-corrected chi connectivity index (χ4v) is 2.23. The Hall–Kier alpha value is -1.26. The van der Waals surface area contributed by atoms with Crippen LogP contribution in [0.1, 0.15) is 33.6 Å². The van der Waals surface area contributed by atoms with E-state index < -0.39 is 11.1 Å². The topological polar surface area (TPSA) is 58.6 Å². The predicted molar refractivity (Wildman–Crippen MR) is 57.9 cm³/mol. The highest BCUT2D eigenvalue weighted by Gasteiger charge is 2.56. The van der Waals surface area contributed by atoms with Crippen molar-refractivity contribution in [1.82, 2.24) is 10.2 Å². The smallest absolute Gasteiger partial charge is 0.411 e. The van der Waals surface area contributed by atoms with Gasteiger partial charge in [-0.15, -0.1) is 0 Å². The number of nitrogens with one attached hydrogen (secondary N) is 1. The second-order valence-corrected chi connectivity index (χ2v) is 5.42. The Morgan fingerprint density at radius 2 is 2.12 bits per heavy atom. The van der Waals surface area contributed by atoms with Gasteiger partial charge in [-0.05, 0) is 33.6 Å². The Morgan fingerprint density at radius 3 is 2.50 bits per heavy atom. The molecule has 2 aliphatic heterocycles. The SMILES string of the molecule is CC(C)(C)OC(=O)N1CC[C@@]12CCNC2=O. The summed E-state index contributed by atoms with van der Waals surface area (Å²) < 4.78 is 5.28. The normalized spacial score (nSPS) is 28.9. The van der Waals surface area contributed by atoms with E-state index in [4.69, 9.17) is 4.74 Å². The maximum Gasteiger partial charge on any atom is 0.411 e. The molecule has 5 nitrogen and oxygen atoms in total. The van der Waals surface area contributed by atoms with E-state index in [0.717, 1.165) is 6.42 Å². The number of amides is 2. The Morgan fingerprint density at radius 1 is 1.44 bits per heavy atom. The third-order valence-electron chi connectivity index (χ3n) is 3.13. The molecular weight excluding hydrogens is 208 g/mol. The zero-order chi connectivity index (χ0) is 12.0. The number of rotatable bonds is 0. The van der Waals surface area contributed by atoms with Crippen LogP contribution in [0, 0.1) is 0 Å². The van der Waals surface area contributed by atoms with Crippen LogP contribution in [-0.4, -0.2) is 41.1 Å². The average molecular weight is 226 g/mol. The molecular formula is C11H18N2O3. The first-order valence-corrected chi connectivity index (χ1v) is 5.64. The van der Waals surface area contributed by atoms with Crippen molar-refractivity contribution in [2.45, 2.75) is 44.8 Å². The van der Waals surface area contributed by atoms with Gasteiger partial charge < -0.3 is 10.1 Å². The van der Waals surface area contributed by atoms with E-state index in [-0.39, 0.29) is 12.0 Å². The van der Waals surface area contributed by atoms with Crippen molar-refractivity contribution in [2.24, 2.45) is 0 Å². The van der Waals surface area contributed by atoms with E-state index in [1.165, 1.54) is 0 Å². The first-order valence-electron chi connectivity index (χ1n) is 5.64. The molecule has 90 valence electrons. The summed E-state index contributed by atoms with van der Waals surface area (Å²) in [6.45, 7) is 6.74. The van der Waals surface area contributed by atoms with Crippen LogP contribution < -0.4 is 5.32 Å². The summed E-state index contributed by atoms with van der Waals surface area (Å²) in [5.41, 5.74) is -1.12. The highest BCUT2D eigenvalue weighted by molar-refractivity contribution is 5.93. The third-order valence-corrected chi connectivity index (χ3v) is 3.13. The van der Waals surface area contributed by atoms with Gasteiger partial charge >= 0.3 is 6.09 Å². The number of ether oxygens (including phenoxy) is 1. The summed E-state index contributed by atoms with van der Waals surface area (Å²) in [4.78, 5) is 25.1. The van der Waals surface area contributed by atoms with Gasteiger partial charge in [0.25, 0.3) is 0 Å². The molecule has 0 aliphatic carbocycles. The lowest BCUT2D eigenvalue weighted by Crippen LogP contribution is -2.66. The highest BCUT2D eigenvalue weighted by Crippen LogP contribution is 2.37. The molecule has 5 heteroatoms. The summed E-state index contributed by atoms with van der Waals surface area (Å²) in [7, 11) is 0. The summed E-state index contributed by atoms with van der Waals surface area (Å²) in [5.74, 6) is -0.0374. The molecule has 0 radical (unpaired) electrons. The molecule has 0 saturated carbocycles. The van der Waals surface area contributed by atoms with Gasteiger partial charge in [-0.1, -0.05) is 0 Å². The van der Waals surface area contributed by atoms with Crippen molar-refractivity contribution in [3.05, 3.63) is 0 Å². The second-order valence-electron chi connectivity index (χ2n) is 5.42. The number of carbonyl (C=O) groups excluding carboxylic acids is 2. The van der Waals surface area contributed by atoms with Crippen LogP contribution in [0.15, 0.2) is 0 Å². The lowest BCUT2D eigenvalue weighted by Gasteiger charge is -2.48. The molecule has 16 heavy (non-hydrogen) atoms. The van der Waals surface area contributed by atoms with Gasteiger partial charge in [0.2, 0.25) is 5.91 Å². The summed E-state index contributed by atoms with van der Waals surface area (Å²) in [5, 5.41) is 2.77. The van der Waals surface area contributed by atoms with Crippen LogP contribution in [0.5, 0.6) is 0 Å². The van der Waals surface area contributed by atoms with E-state index in [1.807, 2.05) is 20.8 Å². The van der Waals surface area contributed by atoms with Crippen molar-refractivity contribution in [3.8, 4) is 0 Å². The lowest BCUT2D eigenvalue weighted by atomic mass is 9.83. The maximum atomic E-state index is 11.9. The lowest BCUT2D eigenvalue weighted by molar-refractivity contribution is -0.137. The monoisotopic (exact) mass is 226 g/mol. The predicted octanol–water partition coefficient (Wildman–Crippen LogP) is 0.886. The number of hydrogen-bond donors (Lipinski definition) is 1. The van der Waals surface area contributed by atoms with E-state index in [1.54, 1.807) is 4.90 Å². The van der Waals surface area contributed by atoms with Crippen LogP contribution in [0.25, 0.3) is 0 Å². The van der Waals surface area contributed by atoms with Gasteiger partial charge in [0.1, 0.15) is 11.1 Å². The van der Waals surface area contributed by atoms with Crippen LogP contribution >= 0.6 is 0 Å². The van der Waals surface area contributed by atoms with E-state index in [0.29, 0.717) is 19.5 Å². The van der Waals surface area contributed by atoms with E-state index in [2.05, 4.69) is 5.32 Å². The fourth-order valence-electron chi connectivity index (χ4n) is 2.23.